The second-order valence-electron chi connectivity index (χ2n) is 4.84. The van der Waals surface area contributed by atoms with Crippen LogP contribution in [0.15, 0.2) is 21.1 Å². The van der Waals surface area contributed by atoms with E-state index in [1.54, 1.807) is 13.1 Å². The monoisotopic (exact) mass is 289 g/mol. The predicted octanol–water partition coefficient (Wildman–Crippen LogP) is 1.64. The fraction of sp³-hybridized carbons (Fsp3) is 0.385. The van der Waals surface area contributed by atoms with Crippen LogP contribution in [0.2, 0.25) is 0 Å². The van der Waals surface area contributed by atoms with Crippen LogP contribution in [-0.4, -0.2) is 30.3 Å². The van der Waals surface area contributed by atoms with E-state index in [4.69, 9.17) is 8.83 Å². The zero-order valence-corrected chi connectivity index (χ0v) is 11.9. The van der Waals surface area contributed by atoms with Crippen molar-refractivity contribution in [3.63, 3.8) is 0 Å². The van der Waals surface area contributed by atoms with Crippen molar-refractivity contribution in [2.45, 2.75) is 33.4 Å². The van der Waals surface area contributed by atoms with Crippen LogP contribution < -0.4 is 0 Å². The van der Waals surface area contributed by atoms with Gasteiger partial charge in [0, 0.05) is 0 Å². The number of furan rings is 1. The quantitative estimate of drug-likeness (QED) is 0.778. The van der Waals surface area contributed by atoms with Crippen molar-refractivity contribution in [3.8, 4) is 11.5 Å². The lowest BCUT2D eigenvalue weighted by Crippen LogP contribution is -2.00. The molecule has 110 valence electrons. The third kappa shape index (κ3) is 2.70. The molecule has 3 aromatic heterocycles. The Balaban J connectivity index is 1.80. The molecule has 8 nitrogen and oxygen atoms in total. The molecule has 1 atom stereocenters. The molecule has 1 N–H and O–H groups in total. The summed E-state index contributed by atoms with van der Waals surface area (Å²) >= 11 is 0. The van der Waals surface area contributed by atoms with Crippen molar-refractivity contribution in [3.05, 3.63) is 35.4 Å². The average Bonchev–Trinajstić information content (AvgIpc) is 3.10. The van der Waals surface area contributed by atoms with Gasteiger partial charge in [-0.1, -0.05) is 5.21 Å². The minimum atomic E-state index is -0.659. The topological polar surface area (TPSA) is 103 Å². The molecule has 0 amide bonds. The molecule has 0 aliphatic rings. The van der Waals surface area contributed by atoms with Gasteiger partial charge >= 0.3 is 0 Å². The third-order valence-corrected chi connectivity index (χ3v) is 3.02. The summed E-state index contributed by atoms with van der Waals surface area (Å²) in [5.41, 5.74) is 1.28. The predicted molar refractivity (Wildman–Crippen MR) is 71.2 cm³/mol. The highest BCUT2D eigenvalue weighted by Gasteiger charge is 2.15. The van der Waals surface area contributed by atoms with Gasteiger partial charge in [-0.05, 0) is 26.8 Å². The lowest BCUT2D eigenvalue weighted by atomic mass is 10.2. The SMILES string of the molecule is Cc1cc(-c2nnc(Cn3cc(C(C)O)nn3)o2)c(C)o1. The maximum atomic E-state index is 9.41. The van der Waals surface area contributed by atoms with Gasteiger partial charge in [0.15, 0.2) is 0 Å². The first-order valence-electron chi connectivity index (χ1n) is 6.51. The second kappa shape index (κ2) is 5.13. The highest BCUT2D eigenvalue weighted by molar-refractivity contribution is 5.55. The Labute approximate surface area is 120 Å². The van der Waals surface area contributed by atoms with Gasteiger partial charge in [-0.25, -0.2) is 4.68 Å². The summed E-state index contributed by atoms with van der Waals surface area (Å²) in [5, 5.41) is 25.2. The molecule has 0 radical (unpaired) electrons. The van der Waals surface area contributed by atoms with Gasteiger partial charge in [0.1, 0.15) is 23.8 Å². The van der Waals surface area contributed by atoms with Crippen LogP contribution in [0.4, 0.5) is 0 Å². The highest BCUT2D eigenvalue weighted by atomic mass is 16.4. The molecule has 0 bridgehead atoms. The number of aliphatic hydroxyl groups is 1. The van der Waals surface area contributed by atoms with Crippen molar-refractivity contribution in [1.82, 2.24) is 25.2 Å². The number of nitrogens with zero attached hydrogens (tertiary/aromatic N) is 5. The van der Waals surface area contributed by atoms with E-state index in [0.29, 0.717) is 24.0 Å². The molecule has 3 rings (SSSR count). The first-order chi connectivity index (χ1) is 10.0. The standard InChI is InChI=1S/C13H15N5O3/c1-7-4-10(9(3)20-7)13-16-15-12(21-13)6-18-5-11(8(2)19)14-17-18/h4-5,8,19H,6H2,1-3H3. The van der Waals surface area contributed by atoms with E-state index >= 15 is 0 Å². The third-order valence-electron chi connectivity index (χ3n) is 3.02. The summed E-state index contributed by atoms with van der Waals surface area (Å²) in [7, 11) is 0. The van der Waals surface area contributed by atoms with E-state index in [1.165, 1.54) is 4.68 Å². The molecule has 21 heavy (non-hydrogen) atoms. The van der Waals surface area contributed by atoms with Crippen molar-refractivity contribution < 1.29 is 13.9 Å². The van der Waals surface area contributed by atoms with Crippen molar-refractivity contribution in [2.24, 2.45) is 0 Å². The Morgan fingerprint density at radius 1 is 1.24 bits per heavy atom. The molecule has 3 heterocycles. The van der Waals surface area contributed by atoms with E-state index in [9.17, 15) is 5.11 Å². The second-order valence-corrected chi connectivity index (χ2v) is 4.84. The Kier molecular flexibility index (Phi) is 3.30. The number of aryl methyl sites for hydroxylation is 2. The van der Waals surface area contributed by atoms with Crippen LogP contribution in [0.3, 0.4) is 0 Å². The smallest absolute Gasteiger partial charge is 0.251 e. The summed E-state index contributed by atoms with van der Waals surface area (Å²) in [4.78, 5) is 0. The largest absolute Gasteiger partial charge is 0.466 e. The number of aromatic nitrogens is 5. The number of rotatable bonds is 4. The lowest BCUT2D eigenvalue weighted by molar-refractivity contribution is 0.194. The molecule has 1 unspecified atom stereocenters. The van der Waals surface area contributed by atoms with Gasteiger partial charge in [0.25, 0.3) is 5.89 Å². The summed E-state index contributed by atoms with van der Waals surface area (Å²) in [5.74, 6) is 2.35. The van der Waals surface area contributed by atoms with Crippen LogP contribution in [-0.2, 0) is 6.54 Å². The Morgan fingerprint density at radius 2 is 2.05 bits per heavy atom. The lowest BCUT2D eigenvalue weighted by Gasteiger charge is -1.95. The fourth-order valence-electron chi connectivity index (χ4n) is 1.99. The maximum Gasteiger partial charge on any atom is 0.251 e. The Bertz CT molecular complexity index is 756. The first kappa shape index (κ1) is 13.5. The molecule has 0 fully saturated rings. The van der Waals surface area contributed by atoms with Gasteiger partial charge in [-0.15, -0.1) is 15.3 Å². The van der Waals surface area contributed by atoms with E-state index in [2.05, 4.69) is 20.5 Å². The molecule has 3 aromatic rings. The molecule has 0 aromatic carbocycles. The average molecular weight is 289 g/mol. The van der Waals surface area contributed by atoms with Crippen molar-refractivity contribution in [2.75, 3.05) is 0 Å². The highest BCUT2D eigenvalue weighted by Crippen LogP contribution is 2.25. The molecular weight excluding hydrogens is 274 g/mol. The fourth-order valence-corrected chi connectivity index (χ4v) is 1.99. The normalized spacial score (nSPS) is 12.8. The Morgan fingerprint density at radius 3 is 2.67 bits per heavy atom. The number of hydrogen-bond acceptors (Lipinski definition) is 7. The maximum absolute atomic E-state index is 9.41. The molecular formula is C13H15N5O3. The van der Waals surface area contributed by atoms with Crippen LogP contribution in [0, 0.1) is 13.8 Å². The summed E-state index contributed by atoms with van der Waals surface area (Å²) in [6.45, 7) is 5.63. The van der Waals surface area contributed by atoms with E-state index in [0.717, 1.165) is 17.1 Å². The molecule has 8 heteroatoms. The molecule has 0 saturated carbocycles. The van der Waals surface area contributed by atoms with Crippen LogP contribution in [0.1, 0.15) is 36.1 Å². The minimum absolute atomic E-state index is 0.294. The summed E-state index contributed by atoms with van der Waals surface area (Å²) in [6.07, 6.45) is 0.982. The van der Waals surface area contributed by atoms with Gasteiger partial charge < -0.3 is 13.9 Å². The van der Waals surface area contributed by atoms with Gasteiger partial charge in [-0.2, -0.15) is 0 Å². The Hall–Kier alpha value is -2.48. The van der Waals surface area contributed by atoms with Crippen LogP contribution >= 0.6 is 0 Å². The zero-order valence-electron chi connectivity index (χ0n) is 11.9. The number of aliphatic hydroxyl groups excluding tert-OH is 1. The molecule has 0 aliphatic heterocycles. The van der Waals surface area contributed by atoms with E-state index in [1.807, 2.05) is 19.9 Å². The van der Waals surface area contributed by atoms with E-state index in [-0.39, 0.29) is 0 Å². The van der Waals surface area contributed by atoms with Gasteiger partial charge in [-0.3, -0.25) is 0 Å². The molecule has 0 aliphatic carbocycles. The minimum Gasteiger partial charge on any atom is -0.466 e. The zero-order chi connectivity index (χ0) is 15.0. The van der Waals surface area contributed by atoms with E-state index < -0.39 is 6.10 Å². The number of hydrogen-bond donors (Lipinski definition) is 1. The van der Waals surface area contributed by atoms with Crippen molar-refractivity contribution >= 4 is 0 Å². The summed E-state index contributed by atoms with van der Waals surface area (Å²) < 4.78 is 12.6. The molecule has 0 spiro atoms. The van der Waals surface area contributed by atoms with Crippen LogP contribution in [0.25, 0.3) is 11.5 Å². The van der Waals surface area contributed by atoms with Gasteiger partial charge in [0.05, 0.1) is 17.9 Å². The molecule has 0 saturated heterocycles. The van der Waals surface area contributed by atoms with Crippen molar-refractivity contribution in [1.29, 1.82) is 0 Å². The van der Waals surface area contributed by atoms with Gasteiger partial charge in [0.2, 0.25) is 5.89 Å². The summed E-state index contributed by atoms with van der Waals surface area (Å²) in [6, 6.07) is 1.85. The first-order valence-corrected chi connectivity index (χ1v) is 6.51. The van der Waals surface area contributed by atoms with Crippen LogP contribution in [0.5, 0.6) is 0 Å².